The monoisotopic (exact) mass is 356 g/mol. The zero-order valence-corrected chi connectivity index (χ0v) is 15.0. The molecule has 0 atom stereocenters. The summed E-state index contributed by atoms with van der Waals surface area (Å²) < 4.78 is 5.15. The second kappa shape index (κ2) is 8.82. The molecule has 0 aromatic carbocycles. The van der Waals surface area contributed by atoms with Crippen molar-refractivity contribution >= 4 is 5.97 Å². The first-order chi connectivity index (χ1) is 12.7. The first-order valence-electron chi connectivity index (χ1n) is 8.87. The van der Waals surface area contributed by atoms with E-state index in [2.05, 4.69) is 19.9 Å². The lowest BCUT2D eigenvalue weighted by Gasteiger charge is -2.31. The predicted octanol–water partition coefficient (Wildman–Crippen LogP) is 2.14. The van der Waals surface area contributed by atoms with E-state index in [1.54, 1.807) is 31.8 Å². The molecule has 0 saturated carbocycles. The second-order valence-electron chi connectivity index (χ2n) is 6.60. The van der Waals surface area contributed by atoms with Gasteiger partial charge in [0.1, 0.15) is 0 Å². The van der Waals surface area contributed by atoms with E-state index >= 15 is 0 Å². The number of carbonyl (C=O) groups is 1. The normalized spacial score (nSPS) is 15.9. The van der Waals surface area contributed by atoms with Gasteiger partial charge in [-0.1, -0.05) is 0 Å². The Bertz CT molecular complexity index is 745. The molecule has 0 aliphatic carbocycles. The van der Waals surface area contributed by atoms with E-state index in [9.17, 15) is 9.90 Å². The molecule has 7 heteroatoms. The standard InChI is InChI=1S/C19H24N4O3/c1-26-9-8-23-6-2-14(3-7-23)10-17-18(22-5-4-21-17)15-11-16(19(24)25)13-20-12-15/h4-5,11-14H,2-3,6-10H2,1H3,(H,24,25). The summed E-state index contributed by atoms with van der Waals surface area (Å²) in [6, 6.07) is 1.61. The van der Waals surface area contributed by atoms with Crippen molar-refractivity contribution in [3.05, 3.63) is 42.1 Å². The zero-order chi connectivity index (χ0) is 18.4. The van der Waals surface area contributed by atoms with Crippen LogP contribution in [-0.2, 0) is 11.2 Å². The van der Waals surface area contributed by atoms with Crippen LogP contribution < -0.4 is 0 Å². The number of hydrogen-bond acceptors (Lipinski definition) is 6. The number of methoxy groups -OCH3 is 1. The maximum atomic E-state index is 11.2. The van der Waals surface area contributed by atoms with Crippen molar-refractivity contribution in [2.75, 3.05) is 33.4 Å². The molecule has 3 rings (SSSR count). The fourth-order valence-electron chi connectivity index (χ4n) is 3.35. The van der Waals surface area contributed by atoms with Gasteiger partial charge in [-0.2, -0.15) is 0 Å². The third kappa shape index (κ3) is 4.62. The lowest BCUT2D eigenvalue weighted by atomic mass is 9.90. The Labute approximate surface area is 153 Å². The largest absolute Gasteiger partial charge is 0.478 e. The fraction of sp³-hybridized carbons (Fsp3) is 0.474. The van der Waals surface area contributed by atoms with Crippen LogP contribution in [0.15, 0.2) is 30.9 Å². The molecule has 26 heavy (non-hydrogen) atoms. The molecule has 138 valence electrons. The Morgan fingerprint density at radius 2 is 2.04 bits per heavy atom. The number of nitrogens with zero attached hydrogens (tertiary/aromatic N) is 4. The number of hydrogen-bond donors (Lipinski definition) is 1. The minimum absolute atomic E-state index is 0.158. The van der Waals surface area contributed by atoms with Crippen LogP contribution in [0.25, 0.3) is 11.3 Å². The van der Waals surface area contributed by atoms with Crippen molar-refractivity contribution in [2.45, 2.75) is 19.3 Å². The summed E-state index contributed by atoms with van der Waals surface area (Å²) in [6.07, 6.45) is 9.41. The number of aromatic nitrogens is 3. The van der Waals surface area contributed by atoms with Crippen LogP contribution in [0.3, 0.4) is 0 Å². The van der Waals surface area contributed by atoms with Crippen LogP contribution >= 0.6 is 0 Å². The van der Waals surface area contributed by atoms with E-state index in [0.29, 0.717) is 11.5 Å². The van der Waals surface area contributed by atoms with Crippen molar-refractivity contribution in [3.63, 3.8) is 0 Å². The Kier molecular flexibility index (Phi) is 6.25. The van der Waals surface area contributed by atoms with Gasteiger partial charge in [0.05, 0.1) is 23.6 Å². The van der Waals surface area contributed by atoms with Gasteiger partial charge in [-0.05, 0) is 44.3 Å². The molecule has 0 amide bonds. The molecule has 1 N–H and O–H groups in total. The highest BCUT2D eigenvalue weighted by atomic mass is 16.5. The number of likely N-dealkylation sites (tertiary alicyclic amines) is 1. The summed E-state index contributed by atoms with van der Waals surface area (Å²) in [5.74, 6) is -0.437. The summed E-state index contributed by atoms with van der Waals surface area (Å²) in [7, 11) is 1.73. The predicted molar refractivity (Wildman–Crippen MR) is 97.0 cm³/mol. The van der Waals surface area contributed by atoms with Gasteiger partial charge in [0.2, 0.25) is 0 Å². The van der Waals surface area contributed by atoms with E-state index in [4.69, 9.17) is 4.74 Å². The van der Waals surface area contributed by atoms with Gasteiger partial charge in [-0.15, -0.1) is 0 Å². The second-order valence-corrected chi connectivity index (χ2v) is 6.60. The smallest absolute Gasteiger partial charge is 0.337 e. The minimum Gasteiger partial charge on any atom is -0.478 e. The number of ether oxygens (including phenoxy) is 1. The molecule has 1 aliphatic rings. The van der Waals surface area contributed by atoms with Crippen molar-refractivity contribution in [1.29, 1.82) is 0 Å². The molecule has 1 saturated heterocycles. The number of carboxylic acid groups (broad SMARTS) is 1. The topological polar surface area (TPSA) is 88.4 Å². The molecule has 2 aromatic rings. The molecular weight excluding hydrogens is 332 g/mol. The molecule has 1 aliphatic heterocycles. The molecule has 7 nitrogen and oxygen atoms in total. The molecular formula is C19H24N4O3. The van der Waals surface area contributed by atoms with Crippen molar-refractivity contribution in [2.24, 2.45) is 5.92 Å². The fourth-order valence-corrected chi connectivity index (χ4v) is 3.35. The molecule has 1 fully saturated rings. The number of carboxylic acids is 1. The number of rotatable bonds is 7. The van der Waals surface area contributed by atoms with E-state index in [1.807, 2.05) is 0 Å². The highest BCUT2D eigenvalue weighted by Gasteiger charge is 2.21. The van der Waals surface area contributed by atoms with Gasteiger partial charge < -0.3 is 14.7 Å². The highest BCUT2D eigenvalue weighted by molar-refractivity contribution is 5.88. The zero-order valence-electron chi connectivity index (χ0n) is 15.0. The Morgan fingerprint density at radius 1 is 1.27 bits per heavy atom. The van der Waals surface area contributed by atoms with Gasteiger partial charge in [-0.25, -0.2) is 4.79 Å². The van der Waals surface area contributed by atoms with E-state index in [-0.39, 0.29) is 5.56 Å². The van der Waals surface area contributed by atoms with E-state index < -0.39 is 5.97 Å². The summed E-state index contributed by atoms with van der Waals surface area (Å²) >= 11 is 0. The quantitative estimate of drug-likeness (QED) is 0.813. The Balaban J connectivity index is 1.71. The minimum atomic E-state index is -0.992. The number of pyridine rings is 1. The van der Waals surface area contributed by atoms with Crippen LogP contribution in [0.1, 0.15) is 28.9 Å². The first-order valence-corrected chi connectivity index (χ1v) is 8.87. The molecule has 0 radical (unpaired) electrons. The third-order valence-corrected chi connectivity index (χ3v) is 4.83. The lowest BCUT2D eigenvalue weighted by Crippen LogP contribution is -2.36. The molecule has 3 heterocycles. The third-order valence-electron chi connectivity index (χ3n) is 4.83. The van der Waals surface area contributed by atoms with Crippen LogP contribution in [0.2, 0.25) is 0 Å². The van der Waals surface area contributed by atoms with E-state index in [1.165, 1.54) is 6.20 Å². The Hall–Kier alpha value is -2.38. The first kappa shape index (κ1) is 18.4. The van der Waals surface area contributed by atoms with Crippen molar-refractivity contribution in [3.8, 4) is 11.3 Å². The van der Waals surface area contributed by atoms with Crippen LogP contribution in [0.4, 0.5) is 0 Å². The van der Waals surface area contributed by atoms with Gasteiger partial charge in [-0.3, -0.25) is 15.0 Å². The van der Waals surface area contributed by atoms with Gasteiger partial charge in [0.15, 0.2) is 0 Å². The maximum Gasteiger partial charge on any atom is 0.337 e. The maximum absolute atomic E-state index is 11.2. The molecule has 0 unspecified atom stereocenters. The van der Waals surface area contributed by atoms with Gasteiger partial charge in [0, 0.05) is 44.0 Å². The lowest BCUT2D eigenvalue weighted by molar-refractivity contribution is 0.0696. The Morgan fingerprint density at radius 3 is 2.77 bits per heavy atom. The summed E-state index contributed by atoms with van der Waals surface area (Å²) in [6.45, 7) is 3.89. The van der Waals surface area contributed by atoms with Crippen LogP contribution in [0, 0.1) is 5.92 Å². The van der Waals surface area contributed by atoms with Crippen LogP contribution in [-0.4, -0.2) is 64.3 Å². The van der Waals surface area contributed by atoms with Crippen molar-refractivity contribution in [1.82, 2.24) is 19.9 Å². The summed E-state index contributed by atoms with van der Waals surface area (Å²) in [4.78, 5) is 26.6. The van der Waals surface area contributed by atoms with Gasteiger partial charge in [0.25, 0.3) is 0 Å². The molecule has 0 bridgehead atoms. The molecule has 0 spiro atoms. The summed E-state index contributed by atoms with van der Waals surface area (Å²) in [5.41, 5.74) is 2.49. The highest BCUT2D eigenvalue weighted by Crippen LogP contribution is 2.26. The van der Waals surface area contributed by atoms with Crippen LogP contribution in [0.5, 0.6) is 0 Å². The van der Waals surface area contributed by atoms with Gasteiger partial charge >= 0.3 is 5.97 Å². The molecule has 2 aromatic heterocycles. The van der Waals surface area contributed by atoms with Crippen molar-refractivity contribution < 1.29 is 14.6 Å². The summed E-state index contributed by atoms with van der Waals surface area (Å²) in [5, 5.41) is 9.18. The average molecular weight is 356 g/mol. The van der Waals surface area contributed by atoms with E-state index in [0.717, 1.165) is 56.9 Å². The number of aromatic carboxylic acids is 1. The number of piperidine rings is 1. The SMILES string of the molecule is COCCN1CCC(Cc2nccnc2-c2cncc(C(=O)O)c2)CC1. The average Bonchev–Trinajstić information content (AvgIpc) is 2.68.